The van der Waals surface area contributed by atoms with Gasteiger partial charge in [0.15, 0.2) is 35.7 Å². The van der Waals surface area contributed by atoms with E-state index >= 15 is 0 Å². The Bertz CT molecular complexity index is 3230. The van der Waals surface area contributed by atoms with Crippen molar-refractivity contribution in [2.75, 3.05) is 27.3 Å². The average molecular weight is 1410 g/mol. The van der Waals surface area contributed by atoms with Gasteiger partial charge in [0.25, 0.3) is 0 Å². The second kappa shape index (κ2) is 28.0. The van der Waals surface area contributed by atoms with Crippen LogP contribution in [0.5, 0.6) is 0 Å². The van der Waals surface area contributed by atoms with Gasteiger partial charge in [0, 0.05) is 74.9 Å². The predicted octanol–water partition coefficient (Wildman–Crippen LogP) is 9.28. The van der Waals surface area contributed by atoms with Gasteiger partial charge in [-0.1, -0.05) is 72.7 Å². The smallest absolute Gasteiger partial charge is 0.409 e. The number of hydrogen-bond donors (Lipinski definition) is 1. The molecule has 1 amide bonds. The average Bonchev–Trinajstić information content (AvgIpc) is 1.29. The molecule has 28 nitrogen and oxygen atoms in total. The number of carbonyl (C=O) groups is 7. The monoisotopic (exact) mass is 1410 g/mol. The maximum absolute atomic E-state index is 14.5. The maximum Gasteiger partial charge on any atom is 0.409 e. The van der Waals surface area contributed by atoms with E-state index in [9.17, 15) is 33.6 Å². The van der Waals surface area contributed by atoms with Gasteiger partial charge in [-0.15, -0.1) is 0 Å². The molecule has 3 saturated carbocycles. The van der Waals surface area contributed by atoms with E-state index < -0.39 is 183 Å². The minimum absolute atomic E-state index is 0.0381. The molecule has 6 bridgehead atoms. The highest BCUT2D eigenvalue weighted by atomic mass is 17.3. The fourth-order valence-corrected chi connectivity index (χ4v) is 18.8. The van der Waals surface area contributed by atoms with Gasteiger partial charge in [-0.2, -0.15) is 0 Å². The molecular formula is C72H102N2O26. The van der Waals surface area contributed by atoms with Crippen LogP contribution in [0.15, 0.2) is 24.3 Å². The molecule has 3 aliphatic carbocycles. The van der Waals surface area contributed by atoms with Crippen molar-refractivity contribution in [2.24, 2.45) is 70.5 Å². The van der Waals surface area contributed by atoms with Gasteiger partial charge in [0.2, 0.25) is 42.0 Å². The number of nitrogens with one attached hydrogen (secondary N) is 1. The molecule has 0 aromatic heterocycles. The Kier molecular flexibility index (Phi) is 20.5. The lowest BCUT2D eigenvalue weighted by atomic mass is 9.50. The van der Waals surface area contributed by atoms with Gasteiger partial charge < -0.3 is 66.5 Å². The molecule has 12 aliphatic heterocycles. The minimum Gasteiger partial charge on any atom is -0.460 e. The van der Waals surface area contributed by atoms with Gasteiger partial charge in [-0.25, -0.2) is 34.1 Å². The summed E-state index contributed by atoms with van der Waals surface area (Å²) in [5.74, 6) is -8.74. The first-order valence-electron chi connectivity index (χ1n) is 36.3. The summed E-state index contributed by atoms with van der Waals surface area (Å²) in [5, 5.41) is 3.14. The number of carbonyl (C=O) groups excluding carboxylic acids is 7. The highest BCUT2D eigenvalue weighted by Crippen LogP contribution is 2.67. The topological polar surface area (TPSA) is 310 Å². The van der Waals surface area contributed by atoms with Crippen LogP contribution in [0.4, 0.5) is 4.79 Å². The minimum atomic E-state index is -2.21. The zero-order chi connectivity index (χ0) is 71.1. The number of amides is 1. The zero-order valence-corrected chi connectivity index (χ0v) is 59.7. The molecule has 16 rings (SSSR count). The van der Waals surface area contributed by atoms with E-state index in [0.29, 0.717) is 42.2 Å². The number of benzene rings is 1. The second-order valence-electron chi connectivity index (χ2n) is 31.8. The van der Waals surface area contributed by atoms with Crippen LogP contribution in [0, 0.1) is 70.5 Å². The van der Waals surface area contributed by atoms with Crippen LogP contribution in [-0.4, -0.2) is 152 Å². The van der Waals surface area contributed by atoms with Crippen LogP contribution in [0.2, 0.25) is 0 Å². The Morgan fingerprint density at radius 1 is 0.470 bits per heavy atom. The Balaban J connectivity index is 0.699. The number of rotatable bonds is 22. The first-order chi connectivity index (χ1) is 47.4. The molecule has 100 heavy (non-hydrogen) atoms. The molecule has 0 radical (unpaired) electrons. The van der Waals surface area contributed by atoms with Gasteiger partial charge in [0.05, 0.1) is 38.5 Å². The van der Waals surface area contributed by atoms with Crippen molar-refractivity contribution < 1.29 is 124 Å². The van der Waals surface area contributed by atoms with E-state index in [1.807, 2.05) is 20.8 Å². The molecule has 28 heteroatoms. The molecule has 25 atom stereocenters. The van der Waals surface area contributed by atoms with Crippen LogP contribution in [0.3, 0.4) is 0 Å². The van der Waals surface area contributed by atoms with E-state index in [0.717, 1.165) is 57.8 Å². The van der Waals surface area contributed by atoms with Crippen LogP contribution in [-0.2, 0) is 133 Å². The largest absolute Gasteiger partial charge is 0.460 e. The van der Waals surface area contributed by atoms with Gasteiger partial charge in [-0.3, -0.25) is 34.1 Å². The Labute approximate surface area is 583 Å². The highest BCUT2D eigenvalue weighted by molar-refractivity contribution is 5.79. The Morgan fingerprint density at radius 2 is 0.900 bits per heavy atom. The van der Waals surface area contributed by atoms with Crippen LogP contribution in [0.25, 0.3) is 0 Å². The van der Waals surface area contributed by atoms with Gasteiger partial charge >= 0.3 is 41.9 Å². The molecule has 1 aromatic rings. The van der Waals surface area contributed by atoms with E-state index in [1.165, 1.54) is 4.90 Å². The third kappa shape index (κ3) is 13.5. The molecule has 1 aromatic carbocycles. The fourth-order valence-electron chi connectivity index (χ4n) is 18.8. The molecule has 12 heterocycles. The summed E-state index contributed by atoms with van der Waals surface area (Å²) in [5.41, 5.74) is -4.37. The van der Waals surface area contributed by atoms with Crippen molar-refractivity contribution in [1.29, 1.82) is 0 Å². The van der Waals surface area contributed by atoms with Crippen molar-refractivity contribution in [3.05, 3.63) is 35.4 Å². The highest BCUT2D eigenvalue weighted by Gasteiger charge is 2.76. The Hall–Kier alpha value is -5.21. The standard InChI is InChI=1S/C72H102N2O26/c1-39-13-19-50-42(4)58(88-61-70(50)47(39)28-32-66(8,92-61)95-98-70)85-54(77)23-21-52(75)83-37-69(73-35-45-15-17-46(18-16-45)36-82-64(81)74(11)12,91-57(80)26-25-55(78)86-59-43(5)51-20-14-40(2)48-29-33-67(9)93-62(89-59)71(48,51)99-96-67)38-84-53(76)22-24-56(79)87-60-44(6)65(7)31-27-41(3)49-30-34-68(10)94-63(90-60)72(49,65)100-97-68/h15-18,39-44,47-51,58-63,73H,13-14,19-38H2,1-12H3/t39-,40-,41-,42-,43-,44+,47+,48+,49+,50+,51+,58-,59-,60-,61-,62-,63-,65+,66-,67-,68-,69?,70-,71-,72+/m1/s1. The fraction of sp³-hybridized carbons (Fsp3) is 0.819. The van der Waals surface area contributed by atoms with E-state index in [4.69, 9.17) is 90.9 Å². The van der Waals surface area contributed by atoms with Crippen molar-refractivity contribution in [3.8, 4) is 0 Å². The maximum atomic E-state index is 14.5. The molecule has 1 unspecified atom stereocenters. The number of hydrogen-bond acceptors (Lipinski definition) is 27. The summed E-state index contributed by atoms with van der Waals surface area (Å²) in [6.07, 6.45) is -0.355. The van der Waals surface area contributed by atoms with Crippen molar-refractivity contribution in [3.63, 3.8) is 0 Å². The number of ether oxygens (including phenoxy) is 13. The summed E-state index contributed by atoms with van der Waals surface area (Å²) >= 11 is 0. The first kappa shape index (κ1) is 73.1. The molecular weight excluding hydrogens is 1310 g/mol. The summed E-state index contributed by atoms with van der Waals surface area (Å²) in [6, 6.07) is 6.87. The molecule has 12 saturated heterocycles. The van der Waals surface area contributed by atoms with Crippen molar-refractivity contribution in [1.82, 2.24) is 10.2 Å². The van der Waals surface area contributed by atoms with Crippen molar-refractivity contribution >= 4 is 41.9 Å². The third-order valence-electron chi connectivity index (χ3n) is 25.0. The first-order valence-corrected chi connectivity index (χ1v) is 36.3. The lowest BCUT2D eigenvalue weighted by Gasteiger charge is -2.65. The quantitative estimate of drug-likeness (QED) is 0.0489. The van der Waals surface area contributed by atoms with Crippen LogP contribution >= 0.6 is 0 Å². The SMILES string of the molecule is C[C@H]1[C@H](OC(=O)CCC(=O)OCC(COC(=O)CCC(=O)O[C@@H]2O[C@@H]3O[C@@]4(C)CC[C@H]5[C@H](C)CC[C@@](C)([C@H]2C)[C@@]35OO4)(NCc2ccc(COC(=O)N(C)C)cc2)OC(=O)CCC(=O)O[C@@H]2O[C@@H]3O[C@@]4(C)CC[C@H]5[C@H](C)CC[C@@H]([C@H]2C)[C@@]35OO4)O[C@@H]2O[C@@]3(C)CC[C@H]4[C@H](C)CC[C@@H]1[C@@]24OO3. The van der Waals surface area contributed by atoms with Crippen LogP contribution in [0.1, 0.15) is 196 Å². The van der Waals surface area contributed by atoms with Crippen LogP contribution < -0.4 is 5.32 Å². The summed E-state index contributed by atoms with van der Waals surface area (Å²) in [6.45, 7) is 18.1. The normalized spacial score (nSPS) is 43.0. The second-order valence-corrected chi connectivity index (χ2v) is 31.8. The molecule has 3 spiro atoms. The van der Waals surface area contributed by atoms with Gasteiger partial charge in [-0.05, 0) is 125 Å². The lowest BCUT2D eigenvalue weighted by Crippen LogP contribution is -2.74. The number of fused-ring (bicyclic) bond motifs is 6. The predicted molar refractivity (Wildman–Crippen MR) is 339 cm³/mol. The summed E-state index contributed by atoms with van der Waals surface area (Å²) < 4.78 is 80.3. The summed E-state index contributed by atoms with van der Waals surface area (Å²) in [7, 11) is 3.13. The number of esters is 6. The van der Waals surface area contributed by atoms with E-state index in [2.05, 4.69) is 33.0 Å². The number of nitrogens with zero attached hydrogens (tertiary/aromatic N) is 1. The lowest BCUT2D eigenvalue weighted by molar-refractivity contribution is -0.586. The van der Waals surface area contributed by atoms with Crippen molar-refractivity contribution in [2.45, 2.75) is 276 Å². The molecule has 15 fully saturated rings. The zero-order valence-electron chi connectivity index (χ0n) is 59.7. The van der Waals surface area contributed by atoms with Gasteiger partial charge in [0.1, 0.15) is 19.8 Å². The Morgan fingerprint density at radius 3 is 1.41 bits per heavy atom. The third-order valence-corrected chi connectivity index (χ3v) is 25.0. The van der Waals surface area contributed by atoms with E-state index in [-0.39, 0.29) is 60.5 Å². The molecule has 15 aliphatic rings. The summed E-state index contributed by atoms with van der Waals surface area (Å²) in [4.78, 5) is 135. The molecule has 1 N–H and O–H groups in total. The van der Waals surface area contributed by atoms with E-state index in [1.54, 1.807) is 59.1 Å². The molecule has 556 valence electrons.